The SMILES string of the molecule is c1ccc(CNCc2cccc(OCC3CCC4CN(c5noc6ccccc56)CCN4C3)n2)cc1. The van der Waals surface area contributed by atoms with Crippen molar-refractivity contribution in [3.63, 3.8) is 0 Å². The summed E-state index contributed by atoms with van der Waals surface area (Å²) < 4.78 is 11.7. The molecule has 1 N–H and O–H groups in total. The summed E-state index contributed by atoms with van der Waals surface area (Å²) in [7, 11) is 0. The van der Waals surface area contributed by atoms with Gasteiger partial charge in [-0.3, -0.25) is 4.90 Å². The minimum Gasteiger partial charge on any atom is -0.477 e. The summed E-state index contributed by atoms with van der Waals surface area (Å²) >= 11 is 0. The Hall–Kier alpha value is -3.42. The Morgan fingerprint density at radius 1 is 0.889 bits per heavy atom. The van der Waals surface area contributed by atoms with E-state index in [-0.39, 0.29) is 0 Å². The highest BCUT2D eigenvalue weighted by atomic mass is 16.5. The number of fused-ring (bicyclic) bond motifs is 2. The Labute approximate surface area is 212 Å². The number of nitrogens with zero attached hydrogens (tertiary/aromatic N) is 4. The molecule has 2 fully saturated rings. The predicted octanol–water partition coefficient (Wildman–Crippen LogP) is 4.49. The van der Waals surface area contributed by atoms with E-state index in [0.717, 1.165) is 74.2 Å². The van der Waals surface area contributed by atoms with E-state index in [1.54, 1.807) is 0 Å². The zero-order chi connectivity index (χ0) is 24.2. The average Bonchev–Trinajstić information content (AvgIpc) is 3.37. The number of anilines is 1. The number of hydrogen-bond donors (Lipinski definition) is 1. The van der Waals surface area contributed by atoms with Gasteiger partial charge in [0.2, 0.25) is 5.88 Å². The predicted molar refractivity (Wildman–Crippen MR) is 141 cm³/mol. The molecular formula is C29H33N5O2. The van der Waals surface area contributed by atoms with Gasteiger partial charge in [-0.25, -0.2) is 4.98 Å². The lowest BCUT2D eigenvalue weighted by atomic mass is 9.91. The van der Waals surface area contributed by atoms with Gasteiger partial charge in [0.05, 0.1) is 17.7 Å². The lowest BCUT2D eigenvalue weighted by Crippen LogP contribution is -2.57. The van der Waals surface area contributed by atoms with Crippen LogP contribution in [-0.2, 0) is 13.1 Å². The second-order valence-corrected chi connectivity index (χ2v) is 9.91. The smallest absolute Gasteiger partial charge is 0.213 e. The van der Waals surface area contributed by atoms with Crippen molar-refractivity contribution in [3.8, 4) is 5.88 Å². The van der Waals surface area contributed by atoms with E-state index in [1.807, 2.05) is 36.4 Å². The number of piperidine rings is 1. The Morgan fingerprint density at radius 3 is 2.72 bits per heavy atom. The first kappa shape index (κ1) is 23.0. The number of nitrogens with one attached hydrogen (secondary N) is 1. The Balaban J connectivity index is 0.982. The molecule has 36 heavy (non-hydrogen) atoms. The number of aromatic nitrogens is 2. The van der Waals surface area contributed by atoms with Gasteiger partial charge in [-0.15, -0.1) is 0 Å². The maximum Gasteiger partial charge on any atom is 0.213 e. The first-order chi connectivity index (χ1) is 17.8. The largest absolute Gasteiger partial charge is 0.477 e. The molecule has 2 aliphatic heterocycles. The Kier molecular flexibility index (Phi) is 6.83. The first-order valence-corrected chi connectivity index (χ1v) is 13.0. The third-order valence-corrected chi connectivity index (χ3v) is 7.39. The molecule has 7 nitrogen and oxygen atoms in total. The van der Waals surface area contributed by atoms with E-state index in [4.69, 9.17) is 14.2 Å². The summed E-state index contributed by atoms with van der Waals surface area (Å²) in [4.78, 5) is 9.74. The average molecular weight is 484 g/mol. The van der Waals surface area contributed by atoms with Gasteiger partial charge < -0.3 is 19.5 Å². The lowest BCUT2D eigenvalue weighted by Gasteiger charge is -2.46. The Morgan fingerprint density at radius 2 is 1.78 bits per heavy atom. The highest BCUT2D eigenvalue weighted by molar-refractivity contribution is 5.88. The number of para-hydroxylation sites is 1. The molecule has 6 rings (SSSR count). The first-order valence-electron chi connectivity index (χ1n) is 13.0. The van der Waals surface area contributed by atoms with Gasteiger partial charge in [-0.2, -0.15) is 0 Å². The van der Waals surface area contributed by atoms with E-state index in [9.17, 15) is 0 Å². The number of ether oxygens (including phenoxy) is 1. The van der Waals surface area contributed by atoms with Crippen molar-refractivity contribution in [2.24, 2.45) is 5.92 Å². The molecule has 0 spiro atoms. The van der Waals surface area contributed by atoms with Crippen LogP contribution in [0.25, 0.3) is 11.0 Å². The zero-order valence-electron chi connectivity index (χ0n) is 20.6. The number of pyridine rings is 1. The Bertz CT molecular complexity index is 1280. The molecule has 4 aromatic rings. The molecule has 2 saturated heterocycles. The van der Waals surface area contributed by atoms with Gasteiger partial charge in [0, 0.05) is 57.3 Å². The van der Waals surface area contributed by atoms with Crippen LogP contribution in [-0.4, -0.2) is 53.9 Å². The van der Waals surface area contributed by atoms with E-state index in [2.05, 4.69) is 56.7 Å². The highest BCUT2D eigenvalue weighted by Gasteiger charge is 2.34. The van der Waals surface area contributed by atoms with Crippen molar-refractivity contribution in [3.05, 3.63) is 84.1 Å². The monoisotopic (exact) mass is 483 g/mol. The van der Waals surface area contributed by atoms with E-state index in [1.165, 1.54) is 18.4 Å². The molecule has 2 atom stereocenters. The standard InChI is InChI=1S/C29H33N5O2/c1-2-7-22(8-3-1)17-30-18-24-9-6-12-28(31-24)35-21-23-13-14-25-20-34(16-15-33(25)19-23)29-26-10-4-5-11-27(26)36-32-29/h1-12,23,25,30H,13-21H2. The lowest BCUT2D eigenvalue weighted by molar-refractivity contribution is 0.0716. The van der Waals surface area contributed by atoms with Crippen LogP contribution in [0.1, 0.15) is 24.1 Å². The van der Waals surface area contributed by atoms with Crippen LogP contribution in [0.4, 0.5) is 5.82 Å². The normalized spacial score (nSPS) is 20.4. The molecule has 0 bridgehead atoms. The van der Waals surface area contributed by atoms with E-state index in [0.29, 0.717) is 12.0 Å². The van der Waals surface area contributed by atoms with Crippen LogP contribution in [0.2, 0.25) is 0 Å². The van der Waals surface area contributed by atoms with Gasteiger partial charge >= 0.3 is 0 Å². The molecule has 2 unspecified atom stereocenters. The number of hydrogen-bond acceptors (Lipinski definition) is 7. The van der Waals surface area contributed by atoms with Crippen molar-refractivity contribution in [1.82, 2.24) is 20.4 Å². The third-order valence-electron chi connectivity index (χ3n) is 7.39. The third kappa shape index (κ3) is 5.22. The molecule has 2 aromatic carbocycles. The molecule has 0 amide bonds. The molecule has 2 aliphatic rings. The molecule has 0 radical (unpaired) electrons. The van der Waals surface area contributed by atoms with Crippen LogP contribution in [0.5, 0.6) is 5.88 Å². The van der Waals surface area contributed by atoms with Gasteiger partial charge in [0.15, 0.2) is 11.4 Å². The number of benzene rings is 2. The van der Waals surface area contributed by atoms with Crippen LogP contribution in [0, 0.1) is 5.92 Å². The molecular weight excluding hydrogens is 450 g/mol. The van der Waals surface area contributed by atoms with Crippen molar-refractivity contribution >= 4 is 16.8 Å². The van der Waals surface area contributed by atoms with Gasteiger partial charge in [0.1, 0.15) is 0 Å². The molecule has 0 saturated carbocycles. The summed E-state index contributed by atoms with van der Waals surface area (Å²) in [5.41, 5.74) is 3.14. The van der Waals surface area contributed by atoms with E-state index >= 15 is 0 Å². The van der Waals surface area contributed by atoms with Crippen molar-refractivity contribution in [2.75, 3.05) is 37.7 Å². The summed E-state index contributed by atoms with van der Waals surface area (Å²) in [5, 5.41) is 8.95. The van der Waals surface area contributed by atoms with Crippen LogP contribution in [0.3, 0.4) is 0 Å². The highest BCUT2D eigenvalue weighted by Crippen LogP contribution is 2.31. The summed E-state index contributed by atoms with van der Waals surface area (Å²) in [6.07, 6.45) is 2.35. The minimum absolute atomic E-state index is 0.530. The van der Waals surface area contributed by atoms with E-state index < -0.39 is 0 Å². The topological polar surface area (TPSA) is 66.7 Å². The van der Waals surface area contributed by atoms with Crippen molar-refractivity contribution in [2.45, 2.75) is 32.0 Å². The van der Waals surface area contributed by atoms with Gasteiger partial charge in [0.25, 0.3) is 0 Å². The summed E-state index contributed by atoms with van der Waals surface area (Å²) in [6.45, 7) is 6.37. The van der Waals surface area contributed by atoms with Crippen molar-refractivity contribution < 1.29 is 9.26 Å². The fraction of sp³-hybridized carbons (Fsp3) is 0.379. The van der Waals surface area contributed by atoms with Crippen LogP contribution < -0.4 is 15.0 Å². The summed E-state index contributed by atoms with van der Waals surface area (Å²) in [5.74, 6) is 2.24. The number of piperazine rings is 1. The molecule has 186 valence electrons. The maximum atomic E-state index is 6.16. The van der Waals surface area contributed by atoms with Crippen LogP contribution in [0.15, 0.2) is 77.3 Å². The zero-order valence-corrected chi connectivity index (χ0v) is 20.6. The molecule has 7 heteroatoms. The second kappa shape index (κ2) is 10.7. The second-order valence-electron chi connectivity index (χ2n) is 9.91. The van der Waals surface area contributed by atoms with Gasteiger partial charge in [-0.1, -0.05) is 53.7 Å². The van der Waals surface area contributed by atoms with Crippen molar-refractivity contribution in [1.29, 1.82) is 0 Å². The number of rotatable bonds is 8. The molecule has 0 aliphatic carbocycles. The maximum absolute atomic E-state index is 6.16. The fourth-order valence-electron chi connectivity index (χ4n) is 5.46. The fourth-order valence-corrected chi connectivity index (χ4v) is 5.46. The molecule has 2 aromatic heterocycles. The van der Waals surface area contributed by atoms with Crippen LogP contribution >= 0.6 is 0 Å². The minimum atomic E-state index is 0.530. The van der Waals surface area contributed by atoms with Gasteiger partial charge in [-0.05, 0) is 36.6 Å². The summed E-state index contributed by atoms with van der Waals surface area (Å²) in [6, 6.07) is 25.2. The molecule has 4 heterocycles. The quantitative estimate of drug-likeness (QED) is 0.396.